The Morgan fingerprint density at radius 1 is 0.808 bits per heavy atom. The Bertz CT molecular complexity index is 519. The third kappa shape index (κ3) is 4.40. The van der Waals surface area contributed by atoms with E-state index in [2.05, 4.69) is 13.8 Å². The van der Waals surface area contributed by atoms with Crippen molar-refractivity contribution in [3.05, 3.63) is 29.3 Å². The van der Waals surface area contributed by atoms with Gasteiger partial charge in [0.2, 0.25) is 0 Å². The normalized spacial score (nSPS) is 24.8. The van der Waals surface area contributed by atoms with Crippen molar-refractivity contribution in [2.45, 2.75) is 84.0 Å². The molecular formula is C23H35F2N. The Labute approximate surface area is 158 Å². The smallest absolute Gasteiger partial charge is 0.182 e. The minimum atomic E-state index is -0.618. The molecule has 1 aliphatic carbocycles. The van der Waals surface area contributed by atoms with Gasteiger partial charge in [-0.1, -0.05) is 45.6 Å². The molecule has 1 aromatic rings. The molecule has 1 aromatic carbocycles. The predicted molar refractivity (Wildman–Crippen MR) is 106 cm³/mol. The maximum atomic E-state index is 14.8. The number of rotatable bonds is 6. The summed E-state index contributed by atoms with van der Waals surface area (Å²) in [4.78, 5) is 2.05. The summed E-state index contributed by atoms with van der Waals surface area (Å²) in [5.41, 5.74) is 1.09. The molecule has 0 N–H and O–H groups in total. The summed E-state index contributed by atoms with van der Waals surface area (Å²) in [5, 5.41) is 0. The molecule has 0 aromatic heterocycles. The van der Waals surface area contributed by atoms with E-state index in [1.165, 1.54) is 25.7 Å². The van der Waals surface area contributed by atoms with Crippen molar-refractivity contribution >= 4 is 5.69 Å². The molecule has 26 heavy (non-hydrogen) atoms. The van der Waals surface area contributed by atoms with Crippen LogP contribution in [0.25, 0.3) is 0 Å². The van der Waals surface area contributed by atoms with Gasteiger partial charge in [-0.2, -0.15) is 0 Å². The fraction of sp³-hybridized carbons (Fsp3) is 0.739. The third-order valence-electron chi connectivity index (χ3n) is 6.73. The van der Waals surface area contributed by atoms with E-state index in [1.807, 2.05) is 17.0 Å². The average Bonchev–Trinajstić information content (AvgIpc) is 2.66. The van der Waals surface area contributed by atoms with Crippen LogP contribution in [0.4, 0.5) is 14.5 Å². The molecule has 0 radical (unpaired) electrons. The summed E-state index contributed by atoms with van der Waals surface area (Å²) in [5.74, 6) is 0.528. The zero-order chi connectivity index (χ0) is 18.5. The number of piperidine rings is 1. The molecule has 0 amide bonds. The first-order valence-corrected chi connectivity index (χ1v) is 10.9. The molecule has 146 valence electrons. The van der Waals surface area contributed by atoms with Crippen molar-refractivity contribution in [1.29, 1.82) is 0 Å². The first kappa shape index (κ1) is 19.6. The summed E-state index contributed by atoms with van der Waals surface area (Å²) in [6.45, 7) is 6.14. The number of halogens is 2. The van der Waals surface area contributed by atoms with Crippen molar-refractivity contribution in [3.63, 3.8) is 0 Å². The summed E-state index contributed by atoms with van der Waals surface area (Å²) < 4.78 is 29.7. The molecule has 1 saturated carbocycles. The van der Waals surface area contributed by atoms with E-state index in [1.54, 1.807) is 0 Å². The van der Waals surface area contributed by atoms with Gasteiger partial charge in [-0.05, 0) is 67.9 Å². The van der Waals surface area contributed by atoms with Crippen LogP contribution in [0.15, 0.2) is 12.1 Å². The number of hydrogen-bond donors (Lipinski definition) is 0. The summed E-state index contributed by atoms with van der Waals surface area (Å²) in [7, 11) is 0. The van der Waals surface area contributed by atoms with Crippen molar-refractivity contribution in [2.75, 3.05) is 18.0 Å². The SMILES string of the molecule is CCCC1CCC(c2ccc(N3CCC(CCC)CC3)c(F)c2F)CC1. The molecule has 0 atom stereocenters. The van der Waals surface area contributed by atoms with Crippen LogP contribution in [0.1, 0.15) is 89.5 Å². The molecule has 1 aliphatic heterocycles. The second-order valence-electron chi connectivity index (χ2n) is 8.53. The highest BCUT2D eigenvalue weighted by molar-refractivity contribution is 5.50. The quantitative estimate of drug-likeness (QED) is 0.523. The maximum absolute atomic E-state index is 14.8. The monoisotopic (exact) mass is 363 g/mol. The van der Waals surface area contributed by atoms with Gasteiger partial charge in [-0.25, -0.2) is 8.78 Å². The van der Waals surface area contributed by atoms with Gasteiger partial charge < -0.3 is 4.90 Å². The lowest BCUT2D eigenvalue weighted by Crippen LogP contribution is -2.34. The number of hydrogen-bond acceptors (Lipinski definition) is 1. The Morgan fingerprint density at radius 2 is 1.38 bits per heavy atom. The lowest BCUT2D eigenvalue weighted by atomic mass is 9.77. The van der Waals surface area contributed by atoms with Crippen LogP contribution in [-0.2, 0) is 0 Å². The molecule has 2 fully saturated rings. The van der Waals surface area contributed by atoms with E-state index >= 15 is 0 Å². The zero-order valence-electron chi connectivity index (χ0n) is 16.6. The molecule has 3 heteroatoms. The summed E-state index contributed by atoms with van der Waals surface area (Å²) >= 11 is 0. The summed E-state index contributed by atoms with van der Waals surface area (Å²) in [6, 6.07) is 3.71. The largest absolute Gasteiger partial charge is 0.369 e. The molecule has 1 heterocycles. The highest BCUT2D eigenvalue weighted by atomic mass is 19.2. The van der Waals surface area contributed by atoms with E-state index in [0.29, 0.717) is 11.3 Å². The van der Waals surface area contributed by atoms with Crippen molar-refractivity contribution < 1.29 is 8.78 Å². The van der Waals surface area contributed by atoms with Crippen LogP contribution in [-0.4, -0.2) is 13.1 Å². The second kappa shape index (κ2) is 9.19. The van der Waals surface area contributed by atoms with Crippen molar-refractivity contribution in [1.82, 2.24) is 0 Å². The maximum Gasteiger partial charge on any atom is 0.182 e. The molecule has 0 bridgehead atoms. The Morgan fingerprint density at radius 3 is 1.96 bits per heavy atom. The van der Waals surface area contributed by atoms with Crippen LogP contribution in [0.3, 0.4) is 0 Å². The van der Waals surface area contributed by atoms with Gasteiger partial charge in [-0.15, -0.1) is 0 Å². The highest BCUT2D eigenvalue weighted by Crippen LogP contribution is 2.40. The minimum absolute atomic E-state index is 0.196. The number of nitrogens with zero attached hydrogens (tertiary/aromatic N) is 1. The number of anilines is 1. The first-order valence-electron chi connectivity index (χ1n) is 10.9. The molecule has 1 saturated heterocycles. The fourth-order valence-electron chi connectivity index (χ4n) is 5.15. The lowest BCUT2D eigenvalue weighted by molar-refractivity contribution is 0.303. The minimum Gasteiger partial charge on any atom is -0.369 e. The van der Waals surface area contributed by atoms with Gasteiger partial charge in [0, 0.05) is 13.1 Å². The van der Waals surface area contributed by atoms with E-state index in [4.69, 9.17) is 0 Å². The average molecular weight is 364 g/mol. The molecule has 3 rings (SSSR count). The van der Waals surface area contributed by atoms with Crippen molar-refractivity contribution in [3.8, 4) is 0 Å². The topological polar surface area (TPSA) is 3.24 Å². The lowest BCUT2D eigenvalue weighted by Gasteiger charge is -2.34. The van der Waals surface area contributed by atoms with Gasteiger partial charge in [0.25, 0.3) is 0 Å². The van der Waals surface area contributed by atoms with Gasteiger partial charge in [-0.3, -0.25) is 0 Å². The summed E-state index contributed by atoms with van der Waals surface area (Å²) in [6.07, 6.45) is 11.5. The number of benzene rings is 1. The standard InChI is InChI=1S/C23H35F2N/c1-3-5-17-7-9-19(10-8-17)20-11-12-21(23(25)22(20)24)26-15-13-18(6-4-2)14-16-26/h11-12,17-19H,3-10,13-16H2,1-2H3. The van der Waals surface area contributed by atoms with E-state index in [-0.39, 0.29) is 5.92 Å². The zero-order valence-corrected chi connectivity index (χ0v) is 16.6. The molecule has 2 aliphatic rings. The molecule has 1 nitrogen and oxygen atoms in total. The third-order valence-corrected chi connectivity index (χ3v) is 6.73. The van der Waals surface area contributed by atoms with Crippen LogP contribution in [0, 0.1) is 23.5 Å². The molecular weight excluding hydrogens is 328 g/mol. The van der Waals surface area contributed by atoms with E-state index in [9.17, 15) is 8.78 Å². The Balaban J connectivity index is 1.66. The van der Waals surface area contributed by atoms with Crippen LogP contribution < -0.4 is 4.90 Å². The van der Waals surface area contributed by atoms with Crippen LogP contribution >= 0.6 is 0 Å². The van der Waals surface area contributed by atoms with Gasteiger partial charge in [0.05, 0.1) is 5.69 Å². The van der Waals surface area contributed by atoms with Gasteiger partial charge in [0.1, 0.15) is 0 Å². The van der Waals surface area contributed by atoms with Gasteiger partial charge >= 0.3 is 0 Å². The second-order valence-corrected chi connectivity index (χ2v) is 8.53. The molecule has 0 spiro atoms. The fourth-order valence-corrected chi connectivity index (χ4v) is 5.15. The Kier molecular flexibility index (Phi) is 6.94. The van der Waals surface area contributed by atoms with Gasteiger partial charge in [0.15, 0.2) is 11.6 Å². The van der Waals surface area contributed by atoms with Crippen LogP contribution in [0.5, 0.6) is 0 Å². The highest BCUT2D eigenvalue weighted by Gasteiger charge is 2.28. The van der Waals surface area contributed by atoms with E-state index < -0.39 is 11.6 Å². The predicted octanol–water partition coefficient (Wildman–Crippen LogP) is 7.06. The first-order chi connectivity index (χ1) is 12.6. The molecule has 0 unspecified atom stereocenters. The Hall–Kier alpha value is -1.12. The van der Waals surface area contributed by atoms with Crippen molar-refractivity contribution in [2.24, 2.45) is 11.8 Å². The van der Waals surface area contributed by atoms with Crippen LogP contribution in [0.2, 0.25) is 0 Å². The van der Waals surface area contributed by atoms with E-state index in [0.717, 1.165) is 63.5 Å².